The predicted molar refractivity (Wildman–Crippen MR) is 70.3 cm³/mol. The summed E-state index contributed by atoms with van der Waals surface area (Å²) in [6, 6.07) is 2.41. The van der Waals surface area contributed by atoms with Crippen molar-refractivity contribution < 1.29 is 4.79 Å². The lowest BCUT2D eigenvalue weighted by molar-refractivity contribution is -0.119. The molecular weight excluding hydrogens is 226 g/mol. The van der Waals surface area contributed by atoms with Gasteiger partial charge in [0.05, 0.1) is 12.2 Å². The summed E-state index contributed by atoms with van der Waals surface area (Å²) in [6.07, 6.45) is 11.2. The number of rotatable bonds is 3. The SMILES string of the molecule is O=C(Nc1ccnn1C1CCCC1)C1CCCC1. The van der Waals surface area contributed by atoms with E-state index in [9.17, 15) is 4.79 Å². The number of nitrogens with zero attached hydrogens (tertiary/aromatic N) is 2. The molecule has 4 heteroatoms. The van der Waals surface area contributed by atoms with Crippen molar-refractivity contribution in [3.63, 3.8) is 0 Å². The third-order valence-corrected chi connectivity index (χ3v) is 4.32. The second-order valence-corrected chi connectivity index (χ2v) is 5.57. The number of hydrogen-bond donors (Lipinski definition) is 1. The molecule has 98 valence electrons. The van der Waals surface area contributed by atoms with Gasteiger partial charge in [0.2, 0.25) is 5.91 Å². The van der Waals surface area contributed by atoms with Crippen LogP contribution in [0.1, 0.15) is 57.4 Å². The summed E-state index contributed by atoms with van der Waals surface area (Å²) < 4.78 is 2.01. The summed E-state index contributed by atoms with van der Waals surface area (Å²) in [5.74, 6) is 1.29. The molecule has 2 saturated carbocycles. The minimum absolute atomic E-state index is 0.187. The van der Waals surface area contributed by atoms with Gasteiger partial charge in [-0.05, 0) is 25.7 Å². The van der Waals surface area contributed by atoms with Gasteiger partial charge in [-0.2, -0.15) is 5.10 Å². The lowest BCUT2D eigenvalue weighted by Crippen LogP contribution is -2.23. The van der Waals surface area contributed by atoms with Gasteiger partial charge < -0.3 is 5.32 Å². The van der Waals surface area contributed by atoms with Crippen molar-refractivity contribution in [2.75, 3.05) is 5.32 Å². The zero-order valence-electron chi connectivity index (χ0n) is 10.8. The number of carbonyl (C=O) groups is 1. The van der Waals surface area contributed by atoms with E-state index in [0.717, 1.165) is 18.7 Å². The van der Waals surface area contributed by atoms with E-state index in [0.29, 0.717) is 6.04 Å². The maximum absolute atomic E-state index is 12.1. The Morgan fingerprint density at radius 3 is 2.56 bits per heavy atom. The van der Waals surface area contributed by atoms with Gasteiger partial charge in [0.25, 0.3) is 0 Å². The standard InChI is InChI=1S/C14H21N3O/c18-14(11-5-1-2-6-11)16-13-9-10-15-17(13)12-7-3-4-8-12/h9-12H,1-8H2,(H,16,18). The van der Waals surface area contributed by atoms with Crippen LogP contribution in [0.25, 0.3) is 0 Å². The Balaban J connectivity index is 1.68. The van der Waals surface area contributed by atoms with Crippen molar-refractivity contribution in [1.82, 2.24) is 9.78 Å². The first kappa shape index (κ1) is 11.8. The zero-order valence-corrected chi connectivity index (χ0v) is 10.8. The fraction of sp³-hybridized carbons (Fsp3) is 0.714. The third-order valence-electron chi connectivity index (χ3n) is 4.32. The van der Waals surface area contributed by atoms with E-state index in [-0.39, 0.29) is 11.8 Å². The highest BCUT2D eigenvalue weighted by Crippen LogP contribution is 2.32. The summed E-state index contributed by atoms with van der Waals surface area (Å²) in [5, 5.41) is 7.45. The topological polar surface area (TPSA) is 46.9 Å². The molecule has 1 heterocycles. The molecule has 1 N–H and O–H groups in total. The molecule has 0 saturated heterocycles. The zero-order chi connectivity index (χ0) is 12.4. The van der Waals surface area contributed by atoms with Crippen LogP contribution in [-0.2, 0) is 4.79 Å². The van der Waals surface area contributed by atoms with Gasteiger partial charge in [-0.1, -0.05) is 25.7 Å². The number of amides is 1. The van der Waals surface area contributed by atoms with E-state index in [4.69, 9.17) is 0 Å². The number of aromatic nitrogens is 2. The third kappa shape index (κ3) is 2.28. The van der Waals surface area contributed by atoms with Gasteiger partial charge in [-0.25, -0.2) is 4.68 Å². The van der Waals surface area contributed by atoms with Crippen LogP contribution < -0.4 is 5.32 Å². The van der Waals surface area contributed by atoms with E-state index < -0.39 is 0 Å². The quantitative estimate of drug-likeness (QED) is 0.892. The number of carbonyl (C=O) groups excluding carboxylic acids is 1. The van der Waals surface area contributed by atoms with Crippen LogP contribution in [0.5, 0.6) is 0 Å². The molecule has 1 aromatic rings. The Labute approximate surface area is 108 Å². The lowest BCUT2D eigenvalue weighted by Gasteiger charge is -2.16. The summed E-state index contributed by atoms with van der Waals surface area (Å²) in [6.45, 7) is 0. The Bertz CT molecular complexity index is 414. The Hall–Kier alpha value is -1.32. The van der Waals surface area contributed by atoms with E-state index >= 15 is 0 Å². The van der Waals surface area contributed by atoms with Gasteiger partial charge in [-0.15, -0.1) is 0 Å². The second kappa shape index (κ2) is 5.12. The smallest absolute Gasteiger partial charge is 0.228 e. The van der Waals surface area contributed by atoms with Crippen LogP contribution in [0.3, 0.4) is 0 Å². The highest BCUT2D eigenvalue weighted by molar-refractivity contribution is 5.91. The predicted octanol–water partition coefficient (Wildman–Crippen LogP) is 3.13. The summed E-state index contributed by atoms with van der Waals surface area (Å²) in [4.78, 5) is 12.1. The van der Waals surface area contributed by atoms with E-state index in [1.165, 1.54) is 38.5 Å². The van der Waals surface area contributed by atoms with Crippen LogP contribution in [0.4, 0.5) is 5.82 Å². The van der Waals surface area contributed by atoms with Crippen molar-refractivity contribution >= 4 is 11.7 Å². The highest BCUT2D eigenvalue weighted by atomic mass is 16.2. The molecule has 18 heavy (non-hydrogen) atoms. The molecule has 0 spiro atoms. The van der Waals surface area contributed by atoms with Crippen LogP contribution in [0.2, 0.25) is 0 Å². The molecule has 1 amide bonds. The van der Waals surface area contributed by atoms with Crippen molar-refractivity contribution in [2.45, 2.75) is 57.4 Å². The first-order chi connectivity index (χ1) is 8.84. The van der Waals surface area contributed by atoms with Crippen molar-refractivity contribution in [2.24, 2.45) is 5.92 Å². The molecule has 0 atom stereocenters. The Morgan fingerprint density at radius 1 is 1.17 bits per heavy atom. The summed E-state index contributed by atoms with van der Waals surface area (Å²) in [7, 11) is 0. The van der Waals surface area contributed by atoms with Gasteiger partial charge in [-0.3, -0.25) is 4.79 Å². The molecule has 1 aromatic heterocycles. The fourth-order valence-corrected chi connectivity index (χ4v) is 3.27. The van der Waals surface area contributed by atoms with E-state index in [2.05, 4.69) is 10.4 Å². The first-order valence-corrected chi connectivity index (χ1v) is 7.19. The molecule has 4 nitrogen and oxygen atoms in total. The molecular formula is C14H21N3O. The van der Waals surface area contributed by atoms with Crippen molar-refractivity contribution in [3.8, 4) is 0 Å². The van der Waals surface area contributed by atoms with Gasteiger partial charge in [0.15, 0.2) is 0 Å². The largest absolute Gasteiger partial charge is 0.311 e. The monoisotopic (exact) mass is 247 g/mol. The van der Waals surface area contributed by atoms with Crippen molar-refractivity contribution in [1.29, 1.82) is 0 Å². The summed E-state index contributed by atoms with van der Waals surface area (Å²) in [5.41, 5.74) is 0. The van der Waals surface area contributed by atoms with Gasteiger partial charge >= 0.3 is 0 Å². The fourth-order valence-electron chi connectivity index (χ4n) is 3.27. The molecule has 0 aliphatic heterocycles. The summed E-state index contributed by atoms with van der Waals surface area (Å²) >= 11 is 0. The maximum Gasteiger partial charge on any atom is 0.228 e. The van der Waals surface area contributed by atoms with Crippen LogP contribution in [0, 0.1) is 5.92 Å². The minimum atomic E-state index is 0.187. The number of hydrogen-bond acceptors (Lipinski definition) is 2. The van der Waals surface area contributed by atoms with Crippen molar-refractivity contribution in [3.05, 3.63) is 12.3 Å². The number of anilines is 1. The van der Waals surface area contributed by atoms with Gasteiger partial charge in [0.1, 0.15) is 5.82 Å². The van der Waals surface area contributed by atoms with Crippen LogP contribution >= 0.6 is 0 Å². The molecule has 2 fully saturated rings. The molecule has 0 radical (unpaired) electrons. The number of nitrogens with one attached hydrogen (secondary N) is 1. The Morgan fingerprint density at radius 2 is 1.83 bits per heavy atom. The van der Waals surface area contributed by atoms with E-state index in [1.54, 1.807) is 6.20 Å². The molecule has 2 aliphatic rings. The normalized spacial score (nSPS) is 21.6. The molecule has 3 rings (SSSR count). The second-order valence-electron chi connectivity index (χ2n) is 5.57. The molecule has 0 unspecified atom stereocenters. The average molecular weight is 247 g/mol. The highest BCUT2D eigenvalue weighted by Gasteiger charge is 2.25. The molecule has 0 bridgehead atoms. The average Bonchev–Trinajstić information content (AvgIpc) is 3.11. The minimum Gasteiger partial charge on any atom is -0.311 e. The Kier molecular flexibility index (Phi) is 3.35. The molecule has 2 aliphatic carbocycles. The van der Waals surface area contributed by atoms with Gasteiger partial charge in [0, 0.05) is 12.0 Å². The maximum atomic E-state index is 12.1. The first-order valence-electron chi connectivity index (χ1n) is 7.19. The lowest BCUT2D eigenvalue weighted by atomic mass is 10.1. The van der Waals surface area contributed by atoms with Crippen LogP contribution in [0.15, 0.2) is 12.3 Å². The van der Waals surface area contributed by atoms with E-state index in [1.807, 2.05) is 10.7 Å². The van der Waals surface area contributed by atoms with Crippen LogP contribution in [-0.4, -0.2) is 15.7 Å². The molecule has 0 aromatic carbocycles.